The topological polar surface area (TPSA) is 65.6 Å². The Balaban J connectivity index is 1.35. The Labute approximate surface area is 187 Å². The number of anilines is 4. The van der Waals surface area contributed by atoms with Crippen LogP contribution in [0.25, 0.3) is 10.2 Å². The lowest BCUT2D eigenvalue weighted by Crippen LogP contribution is -2.44. The van der Waals surface area contributed by atoms with E-state index in [9.17, 15) is 0 Å². The van der Waals surface area contributed by atoms with Gasteiger partial charge in [0, 0.05) is 56.8 Å². The first-order chi connectivity index (χ1) is 15.2. The Morgan fingerprint density at radius 3 is 2.52 bits per heavy atom. The molecule has 0 unspecified atom stereocenters. The Morgan fingerprint density at radius 2 is 1.77 bits per heavy atom. The maximum atomic E-state index is 5.51. The molecule has 0 radical (unpaired) electrons. The summed E-state index contributed by atoms with van der Waals surface area (Å²) in [6.07, 6.45) is 2.01. The maximum absolute atomic E-state index is 5.51. The number of nitrogens with zero attached hydrogens (tertiary/aromatic N) is 4. The molecule has 31 heavy (non-hydrogen) atoms. The van der Waals surface area contributed by atoms with E-state index in [1.807, 2.05) is 0 Å². The number of hydrogen-bond donors (Lipinski definition) is 2. The Morgan fingerprint density at radius 1 is 1.03 bits per heavy atom. The van der Waals surface area contributed by atoms with Crippen molar-refractivity contribution in [2.45, 2.75) is 25.8 Å². The molecule has 7 nitrogen and oxygen atoms in total. The fourth-order valence-electron chi connectivity index (χ4n) is 4.23. The standard InChI is InChI=1S/C23H30N6OS/c1-16-15-31-22-20(16)21(24-18-7-13-30-14-8-18)26-23(27-22)25-17-3-5-19(6-4-17)29-11-9-28(2)10-12-29/h3-6,15,18H,7-14H2,1-2H3,(H2,24,25,26,27). The molecule has 5 rings (SSSR count). The van der Waals surface area contributed by atoms with E-state index in [2.05, 4.69) is 64.1 Å². The van der Waals surface area contributed by atoms with Crippen LogP contribution >= 0.6 is 11.3 Å². The second kappa shape index (κ2) is 8.98. The van der Waals surface area contributed by atoms with Crippen LogP contribution in [0.1, 0.15) is 18.4 Å². The number of piperazine rings is 1. The van der Waals surface area contributed by atoms with Gasteiger partial charge in [-0.05, 0) is 62.0 Å². The van der Waals surface area contributed by atoms with Gasteiger partial charge in [0.15, 0.2) is 0 Å². The van der Waals surface area contributed by atoms with Gasteiger partial charge in [-0.2, -0.15) is 4.98 Å². The zero-order valence-electron chi connectivity index (χ0n) is 18.2. The lowest BCUT2D eigenvalue weighted by atomic mass is 10.1. The summed E-state index contributed by atoms with van der Waals surface area (Å²) >= 11 is 1.67. The van der Waals surface area contributed by atoms with Crippen molar-refractivity contribution in [2.75, 3.05) is 62.0 Å². The summed E-state index contributed by atoms with van der Waals surface area (Å²) in [4.78, 5) is 15.5. The molecule has 2 saturated heterocycles. The van der Waals surface area contributed by atoms with E-state index in [1.165, 1.54) is 11.3 Å². The molecular formula is C23H30N6OS. The predicted octanol–water partition coefficient (Wildman–Crippen LogP) is 4.09. The van der Waals surface area contributed by atoms with Crippen molar-refractivity contribution in [3.63, 3.8) is 0 Å². The molecule has 164 valence electrons. The fourth-order valence-corrected chi connectivity index (χ4v) is 5.15. The van der Waals surface area contributed by atoms with Gasteiger partial charge in [-0.1, -0.05) is 0 Å². The smallest absolute Gasteiger partial charge is 0.230 e. The van der Waals surface area contributed by atoms with Gasteiger partial charge < -0.3 is 25.2 Å². The third-order valence-electron chi connectivity index (χ3n) is 6.17. The van der Waals surface area contributed by atoms with Gasteiger partial charge >= 0.3 is 0 Å². The van der Waals surface area contributed by atoms with Gasteiger partial charge in [-0.25, -0.2) is 4.98 Å². The number of nitrogens with one attached hydrogen (secondary N) is 2. The first kappa shape index (κ1) is 20.5. The van der Waals surface area contributed by atoms with Gasteiger partial charge in [0.25, 0.3) is 0 Å². The van der Waals surface area contributed by atoms with Crippen molar-refractivity contribution in [1.82, 2.24) is 14.9 Å². The molecule has 0 amide bonds. The Kier molecular flexibility index (Phi) is 5.93. The van der Waals surface area contributed by atoms with E-state index >= 15 is 0 Å². The number of fused-ring (bicyclic) bond motifs is 1. The van der Waals surface area contributed by atoms with Crippen LogP contribution in [0.15, 0.2) is 29.6 Å². The number of rotatable bonds is 5. The third-order valence-corrected chi connectivity index (χ3v) is 7.16. The number of likely N-dealkylation sites (N-methyl/N-ethyl adjacent to an activating group) is 1. The molecule has 1 aromatic carbocycles. The van der Waals surface area contributed by atoms with Crippen molar-refractivity contribution in [1.29, 1.82) is 0 Å². The molecule has 0 saturated carbocycles. The van der Waals surface area contributed by atoms with E-state index in [1.54, 1.807) is 11.3 Å². The van der Waals surface area contributed by atoms with E-state index < -0.39 is 0 Å². The third kappa shape index (κ3) is 4.61. The van der Waals surface area contributed by atoms with Crippen LogP contribution in [0.5, 0.6) is 0 Å². The highest BCUT2D eigenvalue weighted by Crippen LogP contribution is 2.32. The zero-order chi connectivity index (χ0) is 21.2. The number of ether oxygens (including phenoxy) is 1. The minimum absolute atomic E-state index is 0.391. The highest BCUT2D eigenvalue weighted by molar-refractivity contribution is 7.17. The Hall–Kier alpha value is -2.42. The number of aromatic nitrogens is 2. The van der Waals surface area contributed by atoms with Gasteiger partial charge in [0.2, 0.25) is 5.95 Å². The molecule has 4 heterocycles. The van der Waals surface area contributed by atoms with Crippen LogP contribution in [0.3, 0.4) is 0 Å². The summed E-state index contributed by atoms with van der Waals surface area (Å²) < 4.78 is 5.51. The van der Waals surface area contributed by atoms with Crippen molar-refractivity contribution >= 4 is 44.7 Å². The van der Waals surface area contributed by atoms with Crippen molar-refractivity contribution in [3.05, 3.63) is 35.2 Å². The fraction of sp³-hybridized carbons (Fsp3) is 0.478. The van der Waals surface area contributed by atoms with Gasteiger partial charge in [0.05, 0.1) is 5.39 Å². The van der Waals surface area contributed by atoms with Gasteiger partial charge in [-0.15, -0.1) is 11.3 Å². The number of hydrogen-bond acceptors (Lipinski definition) is 8. The largest absolute Gasteiger partial charge is 0.381 e. The molecule has 0 atom stereocenters. The van der Waals surface area contributed by atoms with E-state index in [4.69, 9.17) is 14.7 Å². The quantitative estimate of drug-likeness (QED) is 0.622. The molecule has 8 heteroatoms. The normalized spacial score (nSPS) is 18.5. The van der Waals surface area contributed by atoms with Crippen molar-refractivity contribution < 1.29 is 4.74 Å². The molecule has 0 aliphatic carbocycles. The van der Waals surface area contributed by atoms with Gasteiger partial charge in [0.1, 0.15) is 10.6 Å². The average molecular weight is 439 g/mol. The first-order valence-electron chi connectivity index (χ1n) is 11.1. The van der Waals surface area contributed by atoms with Crippen molar-refractivity contribution in [2.24, 2.45) is 0 Å². The molecule has 2 N–H and O–H groups in total. The molecule has 0 spiro atoms. The average Bonchev–Trinajstić information content (AvgIpc) is 3.16. The number of aryl methyl sites for hydroxylation is 1. The minimum atomic E-state index is 0.391. The molecule has 3 aromatic rings. The highest BCUT2D eigenvalue weighted by Gasteiger charge is 2.19. The van der Waals surface area contributed by atoms with E-state index in [0.717, 1.165) is 74.0 Å². The monoisotopic (exact) mass is 438 g/mol. The maximum Gasteiger partial charge on any atom is 0.230 e. The second-order valence-electron chi connectivity index (χ2n) is 8.49. The summed E-state index contributed by atoms with van der Waals surface area (Å²) in [6.45, 7) is 8.10. The van der Waals surface area contributed by atoms with E-state index in [-0.39, 0.29) is 0 Å². The lowest BCUT2D eigenvalue weighted by molar-refractivity contribution is 0.0904. The van der Waals surface area contributed by atoms with Crippen LogP contribution in [-0.4, -0.2) is 67.4 Å². The predicted molar refractivity (Wildman–Crippen MR) is 129 cm³/mol. The highest BCUT2D eigenvalue weighted by atomic mass is 32.1. The molecule has 2 aliphatic heterocycles. The summed E-state index contributed by atoms with van der Waals surface area (Å²) in [5.41, 5.74) is 3.49. The van der Waals surface area contributed by atoms with Crippen molar-refractivity contribution in [3.8, 4) is 0 Å². The minimum Gasteiger partial charge on any atom is -0.381 e. The van der Waals surface area contributed by atoms with Crippen LogP contribution in [0.2, 0.25) is 0 Å². The molecule has 2 aliphatic rings. The van der Waals surface area contributed by atoms with Crippen LogP contribution in [0, 0.1) is 6.92 Å². The van der Waals surface area contributed by atoms with Crippen LogP contribution < -0.4 is 15.5 Å². The summed E-state index contributed by atoms with van der Waals surface area (Å²) in [6, 6.07) is 8.99. The number of thiophene rings is 1. The number of benzene rings is 1. The SMILES string of the molecule is Cc1csc2nc(Nc3ccc(N4CCN(C)CC4)cc3)nc(NC3CCOCC3)c12. The lowest BCUT2D eigenvalue weighted by Gasteiger charge is -2.34. The van der Waals surface area contributed by atoms with E-state index in [0.29, 0.717) is 12.0 Å². The summed E-state index contributed by atoms with van der Waals surface area (Å²) in [5, 5.41) is 10.4. The summed E-state index contributed by atoms with van der Waals surface area (Å²) in [7, 11) is 2.18. The molecule has 2 aromatic heterocycles. The molecule has 2 fully saturated rings. The Bertz CT molecular complexity index is 1020. The zero-order valence-corrected chi connectivity index (χ0v) is 19.0. The van der Waals surface area contributed by atoms with Crippen LogP contribution in [0.4, 0.5) is 23.1 Å². The second-order valence-corrected chi connectivity index (χ2v) is 9.35. The first-order valence-corrected chi connectivity index (χ1v) is 11.9. The molecule has 0 bridgehead atoms. The molecular weight excluding hydrogens is 408 g/mol. The van der Waals surface area contributed by atoms with Gasteiger partial charge in [-0.3, -0.25) is 0 Å². The van der Waals surface area contributed by atoms with Crippen LogP contribution in [-0.2, 0) is 4.74 Å². The summed E-state index contributed by atoms with van der Waals surface area (Å²) in [5.74, 6) is 1.56.